The second kappa shape index (κ2) is 7.89. The predicted octanol–water partition coefficient (Wildman–Crippen LogP) is 3.86. The first-order valence-corrected chi connectivity index (χ1v) is 9.51. The smallest absolute Gasteiger partial charge is 0.339 e. The molecule has 0 aromatic heterocycles. The summed E-state index contributed by atoms with van der Waals surface area (Å²) < 4.78 is 5.62. The molecule has 3 aromatic carbocycles. The van der Waals surface area contributed by atoms with Crippen molar-refractivity contribution in [3.63, 3.8) is 0 Å². The molecule has 0 saturated heterocycles. The van der Waals surface area contributed by atoms with Crippen LogP contribution in [0.25, 0.3) is 11.1 Å². The van der Waals surface area contributed by atoms with Crippen molar-refractivity contribution in [2.24, 2.45) is 5.73 Å². The Balaban J connectivity index is 1.61. The largest absolute Gasteiger partial charge is 0.478 e. The average Bonchev–Trinajstić information content (AvgIpc) is 3.06. The maximum absolute atomic E-state index is 12.8. The van der Waals surface area contributed by atoms with Crippen LogP contribution in [0.4, 0.5) is 0 Å². The molecule has 0 amide bonds. The molecule has 0 radical (unpaired) electrons. The molecule has 0 unspecified atom stereocenters. The van der Waals surface area contributed by atoms with Crippen molar-refractivity contribution in [3.8, 4) is 11.1 Å². The Morgan fingerprint density at radius 3 is 2.10 bits per heavy atom. The number of carbonyl (C=O) groups is 2. The average molecular weight is 387 g/mol. The van der Waals surface area contributed by atoms with Gasteiger partial charge in [-0.2, -0.15) is 0 Å². The normalized spacial score (nSPS) is 12.3. The highest BCUT2D eigenvalue weighted by atomic mass is 16.5. The van der Waals surface area contributed by atoms with Gasteiger partial charge in [-0.3, -0.25) is 0 Å². The van der Waals surface area contributed by atoms with Crippen LogP contribution in [0.1, 0.15) is 43.3 Å². The summed E-state index contributed by atoms with van der Waals surface area (Å²) in [5.74, 6) is -1.87. The molecule has 0 aliphatic heterocycles. The lowest BCUT2D eigenvalue weighted by Gasteiger charge is -2.15. The molecule has 146 valence electrons. The van der Waals surface area contributed by atoms with Crippen molar-refractivity contribution < 1.29 is 19.4 Å². The maximum Gasteiger partial charge on any atom is 0.339 e. The Kier molecular flexibility index (Phi) is 5.14. The fraction of sp³-hybridized carbons (Fsp3) is 0.167. The molecule has 3 N–H and O–H groups in total. The first kappa shape index (κ1) is 18.9. The SMILES string of the molecule is NCCc1ccc(C(=O)O)c(C(=O)OCC2c3ccccc3-c3ccccc32)c1. The van der Waals surface area contributed by atoms with Gasteiger partial charge in [0.25, 0.3) is 0 Å². The van der Waals surface area contributed by atoms with Crippen LogP contribution in [0.2, 0.25) is 0 Å². The van der Waals surface area contributed by atoms with Gasteiger partial charge in [-0.15, -0.1) is 0 Å². The van der Waals surface area contributed by atoms with E-state index >= 15 is 0 Å². The van der Waals surface area contributed by atoms with Crippen molar-refractivity contribution >= 4 is 11.9 Å². The summed E-state index contributed by atoms with van der Waals surface area (Å²) in [6.45, 7) is 0.559. The number of carboxylic acids is 1. The van der Waals surface area contributed by atoms with Crippen LogP contribution in [0.5, 0.6) is 0 Å². The predicted molar refractivity (Wildman–Crippen MR) is 110 cm³/mol. The maximum atomic E-state index is 12.8. The fourth-order valence-electron chi connectivity index (χ4n) is 3.95. The minimum atomic E-state index is -1.16. The van der Waals surface area contributed by atoms with E-state index in [1.165, 1.54) is 6.07 Å². The van der Waals surface area contributed by atoms with Crippen LogP contribution in [-0.4, -0.2) is 30.2 Å². The van der Waals surface area contributed by atoms with E-state index in [1.54, 1.807) is 12.1 Å². The number of fused-ring (bicyclic) bond motifs is 3. The Morgan fingerprint density at radius 2 is 1.52 bits per heavy atom. The zero-order valence-electron chi connectivity index (χ0n) is 15.8. The van der Waals surface area contributed by atoms with Crippen LogP contribution >= 0.6 is 0 Å². The van der Waals surface area contributed by atoms with Gasteiger partial charge < -0.3 is 15.6 Å². The van der Waals surface area contributed by atoms with Crippen molar-refractivity contribution in [2.75, 3.05) is 13.2 Å². The number of benzene rings is 3. The van der Waals surface area contributed by atoms with Gasteiger partial charge in [0.05, 0.1) is 11.1 Å². The van der Waals surface area contributed by atoms with E-state index in [4.69, 9.17) is 10.5 Å². The number of carbonyl (C=O) groups excluding carboxylic acids is 1. The van der Waals surface area contributed by atoms with Gasteiger partial charge in [-0.1, -0.05) is 54.6 Å². The molecule has 0 saturated carbocycles. The number of hydrogen-bond acceptors (Lipinski definition) is 4. The molecule has 0 bridgehead atoms. The van der Waals surface area contributed by atoms with E-state index in [0.717, 1.165) is 27.8 Å². The number of esters is 1. The highest BCUT2D eigenvalue weighted by Crippen LogP contribution is 2.44. The van der Waals surface area contributed by atoms with E-state index in [1.807, 2.05) is 36.4 Å². The molecule has 0 atom stereocenters. The summed E-state index contributed by atoms with van der Waals surface area (Å²) in [6, 6.07) is 20.8. The summed E-state index contributed by atoms with van der Waals surface area (Å²) in [5.41, 5.74) is 10.9. The molecular weight excluding hydrogens is 366 g/mol. The first-order valence-electron chi connectivity index (χ1n) is 9.51. The Hall–Kier alpha value is -3.44. The van der Waals surface area contributed by atoms with E-state index in [0.29, 0.717) is 13.0 Å². The molecule has 0 spiro atoms. The summed E-state index contributed by atoms with van der Waals surface area (Å²) in [5, 5.41) is 9.44. The Morgan fingerprint density at radius 1 is 0.897 bits per heavy atom. The van der Waals surface area contributed by atoms with Crippen LogP contribution in [0.15, 0.2) is 66.7 Å². The van der Waals surface area contributed by atoms with Crippen molar-refractivity contribution in [1.29, 1.82) is 0 Å². The Bertz CT molecular complexity index is 1040. The molecule has 1 aliphatic rings. The van der Waals surface area contributed by atoms with Gasteiger partial charge in [-0.25, -0.2) is 9.59 Å². The lowest BCUT2D eigenvalue weighted by molar-refractivity contribution is 0.0483. The summed E-state index contributed by atoms with van der Waals surface area (Å²) in [6.07, 6.45) is 0.559. The molecule has 5 nitrogen and oxygen atoms in total. The third-order valence-corrected chi connectivity index (χ3v) is 5.31. The Labute approximate surface area is 168 Å². The van der Waals surface area contributed by atoms with Crippen molar-refractivity contribution in [2.45, 2.75) is 12.3 Å². The van der Waals surface area contributed by atoms with Crippen LogP contribution < -0.4 is 5.73 Å². The molecule has 1 aliphatic carbocycles. The zero-order valence-corrected chi connectivity index (χ0v) is 15.8. The first-order chi connectivity index (χ1) is 14.1. The number of carboxylic acid groups (broad SMARTS) is 1. The highest BCUT2D eigenvalue weighted by molar-refractivity contribution is 6.02. The highest BCUT2D eigenvalue weighted by Gasteiger charge is 2.29. The number of aromatic carboxylic acids is 1. The number of nitrogens with two attached hydrogens (primary N) is 1. The second-order valence-electron chi connectivity index (χ2n) is 7.05. The molecular formula is C24H21NO4. The summed E-state index contributed by atoms with van der Waals surface area (Å²) in [4.78, 5) is 24.3. The summed E-state index contributed by atoms with van der Waals surface area (Å²) in [7, 11) is 0. The van der Waals surface area contributed by atoms with Crippen molar-refractivity contribution in [3.05, 3.63) is 94.5 Å². The van der Waals surface area contributed by atoms with Gasteiger partial charge >= 0.3 is 11.9 Å². The van der Waals surface area contributed by atoms with Gasteiger partial charge in [0.15, 0.2) is 0 Å². The second-order valence-corrected chi connectivity index (χ2v) is 7.05. The molecule has 4 rings (SSSR count). The van der Waals surface area contributed by atoms with Gasteiger partial charge in [0.1, 0.15) is 6.61 Å². The van der Waals surface area contributed by atoms with E-state index in [9.17, 15) is 14.7 Å². The number of ether oxygens (including phenoxy) is 1. The van der Waals surface area contributed by atoms with Gasteiger partial charge in [-0.05, 0) is 52.9 Å². The van der Waals surface area contributed by atoms with Crippen LogP contribution in [0, 0.1) is 0 Å². The van der Waals surface area contributed by atoms with Gasteiger partial charge in [0.2, 0.25) is 0 Å². The topological polar surface area (TPSA) is 89.6 Å². The lowest BCUT2D eigenvalue weighted by Crippen LogP contribution is -2.16. The van der Waals surface area contributed by atoms with E-state index < -0.39 is 11.9 Å². The molecule has 29 heavy (non-hydrogen) atoms. The number of hydrogen-bond donors (Lipinski definition) is 2. The standard InChI is InChI=1S/C24H21NO4/c25-12-11-15-9-10-20(23(26)27)21(13-15)24(28)29-14-22-18-7-3-1-5-16(18)17-6-2-4-8-19(17)22/h1-10,13,22H,11-12,14,25H2,(H,26,27). The lowest BCUT2D eigenvalue weighted by atomic mass is 9.98. The molecule has 3 aromatic rings. The van der Waals surface area contributed by atoms with Crippen LogP contribution in [0.3, 0.4) is 0 Å². The summed E-state index contributed by atoms with van der Waals surface area (Å²) >= 11 is 0. The number of rotatable bonds is 6. The quantitative estimate of drug-likeness (QED) is 0.627. The minimum absolute atomic E-state index is 0.0583. The molecule has 0 heterocycles. The third-order valence-electron chi connectivity index (χ3n) is 5.31. The van der Waals surface area contributed by atoms with E-state index in [2.05, 4.69) is 12.1 Å². The fourth-order valence-corrected chi connectivity index (χ4v) is 3.95. The van der Waals surface area contributed by atoms with Crippen LogP contribution in [-0.2, 0) is 11.2 Å². The third kappa shape index (κ3) is 3.52. The monoisotopic (exact) mass is 387 g/mol. The zero-order chi connectivity index (χ0) is 20.4. The van der Waals surface area contributed by atoms with Crippen molar-refractivity contribution in [1.82, 2.24) is 0 Å². The molecule has 5 heteroatoms. The van der Waals surface area contributed by atoms with E-state index in [-0.39, 0.29) is 23.7 Å². The minimum Gasteiger partial charge on any atom is -0.478 e. The molecule has 0 fully saturated rings. The van der Waals surface area contributed by atoms with Gasteiger partial charge in [0, 0.05) is 5.92 Å².